The maximum Gasteiger partial charge on any atom is 0.257 e. The molecule has 2 nitrogen and oxygen atoms in total. The standard InChI is InChI=1S/C8H8Cl4O2P2/c9-15(10,13)5-7-1-2-8(4-3-7)6-16(11,12)14/h1-4H,5-6H2. The molecule has 0 saturated carbocycles. The van der Waals surface area contributed by atoms with Gasteiger partial charge in [0.2, 0.25) is 0 Å². The molecule has 0 aliphatic rings. The van der Waals surface area contributed by atoms with Crippen LogP contribution >= 0.6 is 56.7 Å². The maximum absolute atomic E-state index is 11.1. The molecule has 16 heavy (non-hydrogen) atoms. The Hall–Kier alpha value is 0.840. The van der Waals surface area contributed by atoms with Crippen molar-refractivity contribution in [1.82, 2.24) is 0 Å². The van der Waals surface area contributed by atoms with Crippen molar-refractivity contribution in [2.24, 2.45) is 0 Å². The summed E-state index contributed by atoms with van der Waals surface area (Å²) in [7, 11) is 0. The van der Waals surface area contributed by atoms with Crippen LogP contribution in [0.4, 0.5) is 0 Å². The molecule has 0 aliphatic heterocycles. The fourth-order valence-electron chi connectivity index (χ4n) is 1.18. The zero-order valence-corrected chi connectivity index (χ0v) is 12.8. The first-order chi connectivity index (χ1) is 7.16. The average Bonchev–Trinajstić information content (AvgIpc) is 2.03. The van der Waals surface area contributed by atoms with Crippen LogP contribution in [0.25, 0.3) is 0 Å². The lowest BCUT2D eigenvalue weighted by atomic mass is 10.2. The molecule has 0 bridgehead atoms. The molecule has 0 fully saturated rings. The van der Waals surface area contributed by atoms with Crippen molar-refractivity contribution in [3.05, 3.63) is 35.4 Å². The molecule has 1 aromatic carbocycles. The van der Waals surface area contributed by atoms with Crippen molar-refractivity contribution in [2.75, 3.05) is 0 Å². The number of benzene rings is 1. The van der Waals surface area contributed by atoms with Crippen LogP contribution in [0.5, 0.6) is 0 Å². The highest BCUT2D eigenvalue weighted by Crippen LogP contribution is 2.60. The molecule has 0 aromatic heterocycles. The molecular formula is C8H8Cl4O2P2. The largest absolute Gasteiger partial charge is 0.289 e. The van der Waals surface area contributed by atoms with Gasteiger partial charge in [-0.25, -0.2) is 0 Å². The van der Waals surface area contributed by atoms with Gasteiger partial charge < -0.3 is 0 Å². The van der Waals surface area contributed by atoms with Gasteiger partial charge in [-0.3, -0.25) is 9.13 Å². The molecule has 0 N–H and O–H groups in total. The van der Waals surface area contributed by atoms with Gasteiger partial charge in [-0.1, -0.05) is 24.3 Å². The Morgan fingerprint density at radius 1 is 0.750 bits per heavy atom. The molecule has 0 spiro atoms. The van der Waals surface area contributed by atoms with Crippen molar-refractivity contribution in [1.29, 1.82) is 0 Å². The van der Waals surface area contributed by atoms with Crippen molar-refractivity contribution in [3.63, 3.8) is 0 Å². The second-order valence-corrected chi connectivity index (χ2v) is 13.8. The molecule has 0 unspecified atom stereocenters. The van der Waals surface area contributed by atoms with Crippen LogP contribution in [-0.2, 0) is 21.5 Å². The first-order valence-corrected chi connectivity index (χ1v) is 11.6. The summed E-state index contributed by atoms with van der Waals surface area (Å²) in [6.07, 6.45) is 0.214. The topological polar surface area (TPSA) is 34.1 Å². The van der Waals surface area contributed by atoms with E-state index in [0.717, 1.165) is 11.1 Å². The second kappa shape index (κ2) is 5.65. The van der Waals surface area contributed by atoms with Gasteiger partial charge in [-0.15, -0.1) is 0 Å². The van der Waals surface area contributed by atoms with Crippen LogP contribution < -0.4 is 0 Å². The number of halogens is 4. The normalized spacial score (nSPS) is 12.8. The summed E-state index contributed by atoms with van der Waals surface area (Å²) in [5, 5.41) is 0. The number of rotatable bonds is 4. The summed E-state index contributed by atoms with van der Waals surface area (Å²) < 4.78 is 22.3. The maximum atomic E-state index is 11.1. The summed E-state index contributed by atoms with van der Waals surface area (Å²) in [6.45, 7) is 0. The summed E-state index contributed by atoms with van der Waals surface area (Å²) in [5.74, 6) is -6.21. The van der Waals surface area contributed by atoms with Gasteiger partial charge in [-0.05, 0) is 56.1 Å². The molecule has 0 radical (unpaired) electrons. The van der Waals surface area contributed by atoms with E-state index in [0.29, 0.717) is 0 Å². The van der Waals surface area contributed by atoms with Crippen LogP contribution in [0.2, 0.25) is 0 Å². The second-order valence-electron chi connectivity index (χ2n) is 3.27. The fraction of sp³-hybridized carbons (Fsp3) is 0.250. The van der Waals surface area contributed by atoms with E-state index >= 15 is 0 Å². The molecule has 0 amide bonds. The van der Waals surface area contributed by atoms with E-state index in [2.05, 4.69) is 0 Å². The highest BCUT2D eigenvalue weighted by molar-refractivity contribution is 8.08. The molecule has 0 heterocycles. The minimum atomic E-state index is -3.11. The molecule has 90 valence electrons. The lowest BCUT2D eigenvalue weighted by Gasteiger charge is -2.05. The first kappa shape index (κ1) is 14.9. The Morgan fingerprint density at radius 3 is 1.19 bits per heavy atom. The number of hydrogen-bond acceptors (Lipinski definition) is 2. The minimum Gasteiger partial charge on any atom is -0.289 e. The van der Waals surface area contributed by atoms with Crippen molar-refractivity contribution in [2.45, 2.75) is 12.3 Å². The molecule has 0 saturated heterocycles. The predicted octanol–water partition coefficient (Wildman–Crippen LogP) is 6.03. The quantitative estimate of drug-likeness (QED) is 0.628. The Labute approximate surface area is 113 Å². The van der Waals surface area contributed by atoms with Crippen molar-refractivity contribution >= 4 is 56.7 Å². The van der Waals surface area contributed by atoms with Gasteiger partial charge in [0.05, 0.1) is 12.3 Å². The minimum absolute atomic E-state index is 0.107. The van der Waals surface area contributed by atoms with E-state index < -0.39 is 11.7 Å². The zero-order valence-electron chi connectivity index (χ0n) is 7.95. The fourth-order valence-corrected chi connectivity index (χ4v) is 4.10. The van der Waals surface area contributed by atoms with Crippen LogP contribution in [0.3, 0.4) is 0 Å². The van der Waals surface area contributed by atoms with Crippen LogP contribution in [0, 0.1) is 0 Å². The molecule has 0 atom stereocenters. The van der Waals surface area contributed by atoms with E-state index in [1.165, 1.54) is 0 Å². The highest BCUT2D eigenvalue weighted by atomic mass is 35.9. The van der Waals surface area contributed by atoms with Gasteiger partial charge in [-0.2, -0.15) is 0 Å². The van der Waals surface area contributed by atoms with Crippen LogP contribution in [0.1, 0.15) is 11.1 Å². The van der Waals surface area contributed by atoms with Gasteiger partial charge in [0, 0.05) is 0 Å². The molecule has 0 aliphatic carbocycles. The van der Waals surface area contributed by atoms with Crippen LogP contribution in [0.15, 0.2) is 24.3 Å². The smallest absolute Gasteiger partial charge is 0.257 e. The summed E-state index contributed by atoms with van der Waals surface area (Å²) in [4.78, 5) is 0. The van der Waals surface area contributed by atoms with E-state index in [1.54, 1.807) is 24.3 Å². The molecular weight excluding hydrogens is 332 g/mol. The summed E-state index contributed by atoms with van der Waals surface area (Å²) in [5.41, 5.74) is 1.49. The van der Waals surface area contributed by atoms with E-state index in [1.807, 2.05) is 0 Å². The third-order valence-electron chi connectivity index (χ3n) is 1.76. The van der Waals surface area contributed by atoms with Gasteiger partial charge in [0.25, 0.3) is 11.7 Å². The lowest BCUT2D eigenvalue weighted by molar-refractivity contribution is 0.591. The highest BCUT2D eigenvalue weighted by Gasteiger charge is 2.16. The summed E-state index contributed by atoms with van der Waals surface area (Å²) >= 11 is 21.8. The van der Waals surface area contributed by atoms with Gasteiger partial charge >= 0.3 is 0 Å². The third-order valence-corrected chi connectivity index (χ3v) is 4.66. The molecule has 1 rings (SSSR count). The predicted molar refractivity (Wildman–Crippen MR) is 72.5 cm³/mol. The van der Waals surface area contributed by atoms with E-state index in [9.17, 15) is 9.13 Å². The SMILES string of the molecule is O=P(Cl)(Cl)Cc1ccc(CP(=O)(Cl)Cl)cc1. The molecule has 1 aromatic rings. The van der Waals surface area contributed by atoms with E-state index in [4.69, 9.17) is 45.0 Å². The number of hydrogen-bond donors (Lipinski definition) is 0. The van der Waals surface area contributed by atoms with Crippen molar-refractivity contribution in [3.8, 4) is 0 Å². The summed E-state index contributed by atoms with van der Waals surface area (Å²) in [6, 6.07) is 6.82. The van der Waals surface area contributed by atoms with Gasteiger partial charge in [0.1, 0.15) is 0 Å². The van der Waals surface area contributed by atoms with Crippen LogP contribution in [-0.4, -0.2) is 0 Å². The van der Waals surface area contributed by atoms with Gasteiger partial charge in [0.15, 0.2) is 0 Å². The molecule has 8 heteroatoms. The Morgan fingerprint density at radius 2 is 1.00 bits per heavy atom. The zero-order chi connectivity index (χ0) is 12.4. The third kappa shape index (κ3) is 6.55. The lowest BCUT2D eigenvalue weighted by Crippen LogP contribution is -1.84. The monoisotopic (exact) mass is 338 g/mol. The Bertz CT molecular complexity index is 405. The first-order valence-electron chi connectivity index (χ1n) is 4.20. The average molecular weight is 340 g/mol. The Balaban J connectivity index is 2.76. The van der Waals surface area contributed by atoms with Crippen molar-refractivity contribution < 1.29 is 9.13 Å². The Kier molecular flexibility index (Phi) is 5.26. The van der Waals surface area contributed by atoms with E-state index in [-0.39, 0.29) is 12.3 Å².